The molecule has 6 nitrogen and oxygen atoms in total. The monoisotopic (exact) mass is 402 g/mol. The maximum Gasteiger partial charge on any atom is 0.348 e. The third-order valence-corrected chi connectivity index (χ3v) is 6.27. The highest BCUT2D eigenvalue weighted by Crippen LogP contribution is 2.35. The Kier molecular flexibility index (Phi) is 6.70. The Labute approximate surface area is 169 Å². The summed E-state index contributed by atoms with van der Waals surface area (Å²) in [4.78, 5) is 27.4. The summed E-state index contributed by atoms with van der Waals surface area (Å²) in [5.74, 6) is 0.585. The van der Waals surface area contributed by atoms with Crippen LogP contribution in [0, 0.1) is 5.92 Å². The van der Waals surface area contributed by atoms with Crippen LogP contribution in [0.5, 0.6) is 5.75 Å². The first-order valence-electron chi connectivity index (χ1n) is 9.34. The first-order chi connectivity index (χ1) is 13.5. The Morgan fingerprint density at radius 1 is 1.14 bits per heavy atom. The first-order valence-corrected chi connectivity index (χ1v) is 10.2. The van der Waals surface area contributed by atoms with Crippen molar-refractivity contribution in [2.45, 2.75) is 18.9 Å². The van der Waals surface area contributed by atoms with Crippen LogP contribution >= 0.6 is 11.3 Å². The minimum Gasteiger partial charge on any atom is -0.497 e. The Hall–Kier alpha value is -2.38. The standard InChI is InChI=1S/C21H26N2O4S/c1-23-12-4-5-15(19(23)14-6-8-16(26-2)9-7-14)13-22-20(24)17-10-11-18(28-17)21(25)27-3/h6-11,15,19H,4-5,12-13H2,1-3H3,(H,22,24). The molecule has 1 saturated heterocycles. The summed E-state index contributed by atoms with van der Waals surface area (Å²) in [6, 6.07) is 11.7. The number of piperidine rings is 1. The summed E-state index contributed by atoms with van der Waals surface area (Å²) in [6.45, 7) is 1.62. The SMILES string of the molecule is COC(=O)c1ccc(C(=O)NCC2CCCN(C)C2c2ccc(OC)cc2)s1. The second-order valence-electron chi connectivity index (χ2n) is 6.97. The molecule has 0 spiro atoms. The first kappa shape index (κ1) is 20.4. The lowest BCUT2D eigenvalue weighted by Crippen LogP contribution is -2.41. The molecule has 28 heavy (non-hydrogen) atoms. The predicted molar refractivity (Wildman–Crippen MR) is 109 cm³/mol. The predicted octanol–water partition coefficient (Wildman–Crippen LogP) is 3.36. The minimum atomic E-state index is -0.419. The zero-order valence-electron chi connectivity index (χ0n) is 16.4. The van der Waals surface area contributed by atoms with E-state index in [1.165, 1.54) is 12.7 Å². The molecular weight excluding hydrogens is 376 g/mol. The van der Waals surface area contributed by atoms with Crippen molar-refractivity contribution < 1.29 is 19.1 Å². The van der Waals surface area contributed by atoms with Gasteiger partial charge in [-0.25, -0.2) is 4.79 Å². The summed E-state index contributed by atoms with van der Waals surface area (Å²) >= 11 is 1.15. The maximum absolute atomic E-state index is 12.5. The van der Waals surface area contributed by atoms with Gasteiger partial charge in [0.1, 0.15) is 10.6 Å². The number of esters is 1. The molecule has 0 aliphatic carbocycles. The van der Waals surface area contributed by atoms with Gasteiger partial charge < -0.3 is 14.8 Å². The highest BCUT2D eigenvalue weighted by Gasteiger charge is 2.31. The van der Waals surface area contributed by atoms with Crippen LogP contribution in [-0.4, -0.2) is 51.1 Å². The molecule has 1 fully saturated rings. The molecule has 2 unspecified atom stereocenters. The molecule has 150 valence electrons. The number of likely N-dealkylation sites (tertiary alicyclic amines) is 1. The van der Waals surface area contributed by atoms with Crippen molar-refractivity contribution in [3.63, 3.8) is 0 Å². The molecule has 3 rings (SSSR count). The van der Waals surface area contributed by atoms with Crippen LogP contribution < -0.4 is 10.1 Å². The van der Waals surface area contributed by atoms with Crippen molar-refractivity contribution in [1.82, 2.24) is 10.2 Å². The smallest absolute Gasteiger partial charge is 0.348 e. The molecule has 7 heteroatoms. The van der Waals surface area contributed by atoms with E-state index in [1.807, 2.05) is 12.1 Å². The molecule has 2 heterocycles. The van der Waals surface area contributed by atoms with E-state index in [4.69, 9.17) is 9.47 Å². The van der Waals surface area contributed by atoms with Gasteiger partial charge in [-0.1, -0.05) is 12.1 Å². The van der Waals surface area contributed by atoms with Gasteiger partial charge in [0.15, 0.2) is 0 Å². The molecule has 0 radical (unpaired) electrons. The number of nitrogens with one attached hydrogen (secondary N) is 1. The number of rotatable bonds is 6. The molecule has 0 bridgehead atoms. The summed E-state index contributed by atoms with van der Waals surface area (Å²) < 4.78 is 9.96. The number of methoxy groups -OCH3 is 2. The lowest BCUT2D eigenvalue weighted by molar-refractivity contribution is 0.0606. The van der Waals surface area contributed by atoms with Crippen LogP contribution in [0.15, 0.2) is 36.4 Å². The molecule has 2 aromatic rings. The van der Waals surface area contributed by atoms with E-state index in [9.17, 15) is 9.59 Å². The maximum atomic E-state index is 12.5. The number of ether oxygens (including phenoxy) is 2. The van der Waals surface area contributed by atoms with Gasteiger partial charge >= 0.3 is 5.97 Å². The molecule has 1 amide bonds. The largest absolute Gasteiger partial charge is 0.497 e. The van der Waals surface area contributed by atoms with E-state index in [0.29, 0.717) is 22.2 Å². The van der Waals surface area contributed by atoms with Gasteiger partial charge in [-0.15, -0.1) is 11.3 Å². The second-order valence-corrected chi connectivity index (χ2v) is 8.05. The van der Waals surface area contributed by atoms with Crippen LogP contribution in [0.4, 0.5) is 0 Å². The fourth-order valence-electron chi connectivity index (χ4n) is 3.78. The van der Waals surface area contributed by atoms with E-state index in [1.54, 1.807) is 19.2 Å². The van der Waals surface area contributed by atoms with Gasteiger partial charge in [0.2, 0.25) is 0 Å². The molecule has 0 saturated carbocycles. The van der Waals surface area contributed by atoms with Crippen LogP contribution in [0.3, 0.4) is 0 Å². The number of benzene rings is 1. The average Bonchev–Trinajstić information content (AvgIpc) is 3.22. The molecule has 1 N–H and O–H groups in total. The molecule has 2 atom stereocenters. The third kappa shape index (κ3) is 4.54. The number of amides is 1. The van der Waals surface area contributed by atoms with Crippen molar-refractivity contribution >= 4 is 23.2 Å². The Balaban J connectivity index is 1.67. The van der Waals surface area contributed by atoms with E-state index in [0.717, 1.165) is 36.5 Å². The van der Waals surface area contributed by atoms with Gasteiger partial charge in [-0.05, 0) is 62.2 Å². The van der Waals surface area contributed by atoms with Crippen LogP contribution in [-0.2, 0) is 4.74 Å². The fourth-order valence-corrected chi connectivity index (χ4v) is 4.62. The van der Waals surface area contributed by atoms with Gasteiger partial charge in [-0.2, -0.15) is 0 Å². The lowest BCUT2D eigenvalue weighted by atomic mass is 9.85. The summed E-state index contributed by atoms with van der Waals surface area (Å²) in [6.07, 6.45) is 2.16. The Morgan fingerprint density at radius 2 is 1.86 bits per heavy atom. The van der Waals surface area contributed by atoms with Gasteiger partial charge in [-0.3, -0.25) is 9.69 Å². The molecule has 1 aliphatic heterocycles. The number of hydrogen-bond acceptors (Lipinski definition) is 6. The van der Waals surface area contributed by atoms with Gasteiger partial charge in [0.05, 0.1) is 19.1 Å². The average molecular weight is 403 g/mol. The highest BCUT2D eigenvalue weighted by molar-refractivity contribution is 7.15. The van der Waals surface area contributed by atoms with Crippen molar-refractivity contribution in [3.8, 4) is 5.75 Å². The number of carbonyl (C=O) groups excluding carboxylic acids is 2. The summed E-state index contributed by atoms with van der Waals surface area (Å²) in [5.41, 5.74) is 1.23. The van der Waals surface area contributed by atoms with Gasteiger partial charge in [0, 0.05) is 12.6 Å². The van der Waals surface area contributed by atoms with E-state index in [2.05, 4.69) is 29.4 Å². The lowest BCUT2D eigenvalue weighted by Gasteiger charge is -2.39. The molecular formula is C21H26N2O4S. The van der Waals surface area contributed by atoms with E-state index in [-0.39, 0.29) is 11.9 Å². The fraction of sp³-hybridized carbons (Fsp3) is 0.429. The van der Waals surface area contributed by atoms with Crippen LogP contribution in [0.25, 0.3) is 0 Å². The van der Waals surface area contributed by atoms with Crippen molar-refractivity contribution in [2.24, 2.45) is 5.92 Å². The number of thiophene rings is 1. The minimum absolute atomic E-state index is 0.151. The molecule has 1 aromatic carbocycles. The quantitative estimate of drug-likeness (QED) is 0.751. The van der Waals surface area contributed by atoms with Crippen molar-refractivity contribution in [2.75, 3.05) is 34.4 Å². The number of hydrogen-bond donors (Lipinski definition) is 1. The normalized spacial score (nSPS) is 19.8. The number of nitrogens with zero attached hydrogens (tertiary/aromatic N) is 1. The Morgan fingerprint density at radius 3 is 2.54 bits per heavy atom. The Bertz CT molecular complexity index is 818. The van der Waals surface area contributed by atoms with Gasteiger partial charge in [0.25, 0.3) is 5.91 Å². The topological polar surface area (TPSA) is 67.9 Å². The molecule has 1 aromatic heterocycles. The summed E-state index contributed by atoms with van der Waals surface area (Å²) in [5, 5.41) is 3.05. The van der Waals surface area contributed by atoms with Crippen molar-refractivity contribution in [3.05, 3.63) is 51.7 Å². The number of carbonyl (C=O) groups is 2. The molecule has 1 aliphatic rings. The summed E-state index contributed by atoms with van der Waals surface area (Å²) in [7, 11) is 5.13. The second kappa shape index (κ2) is 9.21. The highest BCUT2D eigenvalue weighted by atomic mass is 32.1. The van der Waals surface area contributed by atoms with E-state index >= 15 is 0 Å². The van der Waals surface area contributed by atoms with Crippen LogP contribution in [0.1, 0.15) is 43.8 Å². The van der Waals surface area contributed by atoms with Crippen LogP contribution in [0.2, 0.25) is 0 Å². The van der Waals surface area contributed by atoms with E-state index < -0.39 is 5.97 Å². The van der Waals surface area contributed by atoms with Crippen molar-refractivity contribution in [1.29, 1.82) is 0 Å². The zero-order chi connectivity index (χ0) is 20.1. The third-order valence-electron chi connectivity index (χ3n) is 5.21. The zero-order valence-corrected chi connectivity index (χ0v) is 17.3.